The standard InChI is InChI=1S/C17H24N4O3/c1-4-5-6-7-11(2)20-17(22)14-15(21-24-16(14)18)12-8-9-13(23-3)19-10-12/h8-11H,4-7,18H2,1-3H3,(H,20,22). The molecule has 2 aromatic heterocycles. The minimum Gasteiger partial charge on any atom is -0.481 e. The molecular formula is C17H24N4O3. The molecular weight excluding hydrogens is 308 g/mol. The largest absolute Gasteiger partial charge is 0.481 e. The first-order chi connectivity index (χ1) is 11.6. The SMILES string of the molecule is CCCCCC(C)NC(=O)c1c(-c2ccc(OC)nc2)noc1N. The zero-order valence-electron chi connectivity index (χ0n) is 14.3. The zero-order chi connectivity index (χ0) is 17.5. The molecule has 1 unspecified atom stereocenters. The Morgan fingerprint density at radius 2 is 2.21 bits per heavy atom. The number of nitrogen functional groups attached to an aromatic ring is 1. The Morgan fingerprint density at radius 3 is 2.83 bits per heavy atom. The van der Waals surface area contributed by atoms with Crippen LogP contribution in [0.15, 0.2) is 22.9 Å². The van der Waals surface area contributed by atoms with E-state index < -0.39 is 0 Å². The van der Waals surface area contributed by atoms with Gasteiger partial charge >= 0.3 is 0 Å². The fourth-order valence-electron chi connectivity index (χ4n) is 2.43. The Balaban J connectivity index is 2.14. The molecule has 0 saturated heterocycles. The van der Waals surface area contributed by atoms with Gasteiger partial charge in [0.2, 0.25) is 11.8 Å². The number of methoxy groups -OCH3 is 1. The van der Waals surface area contributed by atoms with E-state index in [1.165, 1.54) is 7.11 Å². The van der Waals surface area contributed by atoms with Crippen LogP contribution in [0.3, 0.4) is 0 Å². The second-order valence-electron chi connectivity index (χ2n) is 5.73. The molecule has 0 fully saturated rings. The van der Waals surface area contributed by atoms with E-state index >= 15 is 0 Å². The molecule has 7 heteroatoms. The van der Waals surface area contributed by atoms with Gasteiger partial charge in [0, 0.05) is 23.9 Å². The van der Waals surface area contributed by atoms with E-state index in [9.17, 15) is 4.79 Å². The maximum absolute atomic E-state index is 12.6. The highest BCUT2D eigenvalue weighted by Gasteiger charge is 2.23. The molecule has 0 spiro atoms. The van der Waals surface area contributed by atoms with Gasteiger partial charge in [0.25, 0.3) is 5.91 Å². The van der Waals surface area contributed by atoms with Crippen LogP contribution in [0.25, 0.3) is 11.3 Å². The minimum atomic E-state index is -0.288. The molecule has 3 N–H and O–H groups in total. The van der Waals surface area contributed by atoms with Crippen LogP contribution in [-0.2, 0) is 0 Å². The Labute approximate surface area is 141 Å². The molecule has 0 aliphatic heterocycles. The first-order valence-corrected chi connectivity index (χ1v) is 8.13. The summed E-state index contributed by atoms with van der Waals surface area (Å²) in [7, 11) is 1.54. The van der Waals surface area contributed by atoms with Crippen LogP contribution in [0.1, 0.15) is 49.9 Å². The van der Waals surface area contributed by atoms with Crippen molar-refractivity contribution in [2.24, 2.45) is 0 Å². The number of unbranched alkanes of at least 4 members (excludes halogenated alkanes) is 2. The molecule has 0 aliphatic rings. The van der Waals surface area contributed by atoms with Crippen molar-refractivity contribution in [1.29, 1.82) is 0 Å². The van der Waals surface area contributed by atoms with Crippen molar-refractivity contribution in [3.63, 3.8) is 0 Å². The fourth-order valence-corrected chi connectivity index (χ4v) is 2.43. The van der Waals surface area contributed by atoms with Crippen molar-refractivity contribution in [3.05, 3.63) is 23.9 Å². The lowest BCUT2D eigenvalue weighted by Crippen LogP contribution is -2.33. The number of rotatable bonds is 8. The van der Waals surface area contributed by atoms with Crippen molar-refractivity contribution in [2.45, 2.75) is 45.6 Å². The van der Waals surface area contributed by atoms with E-state index in [0.717, 1.165) is 25.7 Å². The molecule has 2 aromatic rings. The maximum Gasteiger partial charge on any atom is 0.259 e. The first-order valence-electron chi connectivity index (χ1n) is 8.13. The Bertz CT molecular complexity index is 667. The van der Waals surface area contributed by atoms with Gasteiger partial charge in [-0.25, -0.2) is 4.98 Å². The van der Waals surface area contributed by atoms with E-state index in [4.69, 9.17) is 15.0 Å². The number of anilines is 1. The smallest absolute Gasteiger partial charge is 0.259 e. The Morgan fingerprint density at radius 1 is 1.42 bits per heavy atom. The van der Waals surface area contributed by atoms with Gasteiger partial charge in [-0.15, -0.1) is 0 Å². The van der Waals surface area contributed by atoms with Gasteiger partial charge < -0.3 is 20.3 Å². The lowest BCUT2D eigenvalue weighted by atomic mass is 10.1. The number of aromatic nitrogens is 2. The summed E-state index contributed by atoms with van der Waals surface area (Å²) in [5.74, 6) is 0.188. The molecule has 0 saturated carbocycles. The van der Waals surface area contributed by atoms with E-state index in [0.29, 0.717) is 17.1 Å². The molecule has 7 nitrogen and oxygen atoms in total. The highest BCUT2D eigenvalue weighted by atomic mass is 16.5. The van der Waals surface area contributed by atoms with E-state index in [1.54, 1.807) is 18.3 Å². The third kappa shape index (κ3) is 4.24. The minimum absolute atomic E-state index is 0.000855. The number of nitrogens with one attached hydrogen (secondary N) is 1. The van der Waals surface area contributed by atoms with Crippen LogP contribution in [0.5, 0.6) is 5.88 Å². The number of pyridine rings is 1. The monoisotopic (exact) mass is 332 g/mol. The zero-order valence-corrected chi connectivity index (χ0v) is 14.3. The predicted molar refractivity (Wildman–Crippen MR) is 91.8 cm³/mol. The van der Waals surface area contributed by atoms with Gasteiger partial charge in [0.1, 0.15) is 11.3 Å². The van der Waals surface area contributed by atoms with Crippen LogP contribution in [0.4, 0.5) is 5.88 Å². The van der Waals surface area contributed by atoms with Gasteiger partial charge in [-0.1, -0.05) is 31.3 Å². The Hall–Kier alpha value is -2.57. The summed E-state index contributed by atoms with van der Waals surface area (Å²) in [6.07, 6.45) is 5.86. The van der Waals surface area contributed by atoms with E-state index in [2.05, 4.69) is 22.4 Å². The molecule has 130 valence electrons. The van der Waals surface area contributed by atoms with Crippen LogP contribution >= 0.6 is 0 Å². The number of nitrogens with zero attached hydrogens (tertiary/aromatic N) is 2. The average Bonchev–Trinajstić information content (AvgIpc) is 2.97. The molecule has 0 radical (unpaired) electrons. The lowest BCUT2D eigenvalue weighted by molar-refractivity contribution is 0.0939. The van der Waals surface area contributed by atoms with Gasteiger partial charge in [-0.3, -0.25) is 4.79 Å². The number of nitrogens with two attached hydrogens (primary N) is 1. The van der Waals surface area contributed by atoms with Gasteiger partial charge in [-0.2, -0.15) is 0 Å². The normalized spacial score (nSPS) is 12.0. The molecule has 0 bridgehead atoms. The van der Waals surface area contributed by atoms with Crippen LogP contribution in [0, 0.1) is 0 Å². The summed E-state index contributed by atoms with van der Waals surface area (Å²) in [5, 5.41) is 6.85. The Kier molecular flexibility index (Phi) is 6.17. The summed E-state index contributed by atoms with van der Waals surface area (Å²) in [5.41, 5.74) is 7.05. The van der Waals surface area contributed by atoms with Crippen LogP contribution in [0.2, 0.25) is 0 Å². The van der Waals surface area contributed by atoms with E-state index in [1.807, 2.05) is 6.92 Å². The van der Waals surface area contributed by atoms with Crippen LogP contribution in [-0.4, -0.2) is 29.2 Å². The van der Waals surface area contributed by atoms with Crippen molar-refractivity contribution >= 4 is 11.8 Å². The third-order valence-corrected chi connectivity index (χ3v) is 3.78. The molecule has 0 aliphatic carbocycles. The van der Waals surface area contributed by atoms with Crippen molar-refractivity contribution in [3.8, 4) is 17.1 Å². The summed E-state index contributed by atoms with van der Waals surface area (Å²) >= 11 is 0. The number of ether oxygens (including phenoxy) is 1. The van der Waals surface area contributed by atoms with Gasteiger partial charge in [-0.05, 0) is 19.4 Å². The second-order valence-corrected chi connectivity index (χ2v) is 5.73. The fraction of sp³-hybridized carbons (Fsp3) is 0.471. The van der Waals surface area contributed by atoms with E-state index in [-0.39, 0.29) is 23.4 Å². The molecule has 2 heterocycles. The molecule has 2 rings (SSSR count). The molecule has 1 atom stereocenters. The van der Waals surface area contributed by atoms with Gasteiger partial charge in [0.15, 0.2) is 0 Å². The van der Waals surface area contributed by atoms with Crippen LogP contribution < -0.4 is 15.8 Å². The van der Waals surface area contributed by atoms with Gasteiger partial charge in [0.05, 0.1) is 7.11 Å². The molecule has 0 aromatic carbocycles. The first kappa shape index (κ1) is 17.8. The number of carbonyl (C=O) groups excluding carboxylic acids is 1. The quantitative estimate of drug-likeness (QED) is 0.720. The topological polar surface area (TPSA) is 103 Å². The summed E-state index contributed by atoms with van der Waals surface area (Å²) in [6.45, 7) is 4.13. The maximum atomic E-state index is 12.6. The summed E-state index contributed by atoms with van der Waals surface area (Å²) in [6, 6.07) is 3.50. The predicted octanol–water partition coefficient (Wildman–Crippen LogP) is 3.03. The second kappa shape index (κ2) is 8.33. The molecule has 1 amide bonds. The number of hydrogen-bond donors (Lipinski definition) is 2. The number of carbonyl (C=O) groups is 1. The van der Waals surface area contributed by atoms with Crippen molar-refractivity contribution in [2.75, 3.05) is 12.8 Å². The number of hydrogen-bond acceptors (Lipinski definition) is 6. The summed E-state index contributed by atoms with van der Waals surface area (Å²) in [4.78, 5) is 16.7. The highest BCUT2D eigenvalue weighted by molar-refractivity contribution is 6.03. The third-order valence-electron chi connectivity index (χ3n) is 3.78. The van der Waals surface area contributed by atoms with Crippen molar-refractivity contribution in [1.82, 2.24) is 15.5 Å². The van der Waals surface area contributed by atoms with Crippen molar-refractivity contribution < 1.29 is 14.1 Å². The average molecular weight is 332 g/mol. The molecule has 24 heavy (non-hydrogen) atoms. The lowest BCUT2D eigenvalue weighted by Gasteiger charge is -2.13. The summed E-state index contributed by atoms with van der Waals surface area (Å²) < 4.78 is 10.0. The highest BCUT2D eigenvalue weighted by Crippen LogP contribution is 2.27. The number of amides is 1.